The number of amides is 2. The van der Waals surface area contributed by atoms with E-state index in [1.165, 1.54) is 0 Å². The van der Waals surface area contributed by atoms with Crippen molar-refractivity contribution in [3.8, 4) is 0 Å². The van der Waals surface area contributed by atoms with Gasteiger partial charge in [-0.25, -0.2) is 15.0 Å². The first kappa shape index (κ1) is 22.9. The standard InChI is InChI=1S/C25H32N6O2/c1-4-29(5-2)25(33)19-16-26-24(28-18(19)3)22-12-8-9-14-31(22)23(32)13-15-30-17-27-20-10-6-7-11-21(20)30/h6-7,10-11,16-17,22H,4-5,8-9,12-15H2,1-3H3/t22-/m1/s1. The number of carbonyl (C=O) groups is 2. The summed E-state index contributed by atoms with van der Waals surface area (Å²) in [5, 5.41) is 0. The summed E-state index contributed by atoms with van der Waals surface area (Å²) in [6, 6.07) is 7.79. The van der Waals surface area contributed by atoms with Gasteiger partial charge in [0.1, 0.15) is 0 Å². The van der Waals surface area contributed by atoms with E-state index in [4.69, 9.17) is 0 Å². The summed E-state index contributed by atoms with van der Waals surface area (Å²) in [5.41, 5.74) is 3.17. The van der Waals surface area contributed by atoms with Crippen LogP contribution in [0.3, 0.4) is 0 Å². The van der Waals surface area contributed by atoms with E-state index in [2.05, 4.69) is 15.0 Å². The van der Waals surface area contributed by atoms with Crippen LogP contribution in [0.15, 0.2) is 36.8 Å². The van der Waals surface area contributed by atoms with Gasteiger partial charge < -0.3 is 14.4 Å². The molecule has 2 amide bonds. The largest absolute Gasteiger partial charge is 0.339 e. The molecule has 3 heterocycles. The summed E-state index contributed by atoms with van der Waals surface area (Å²) < 4.78 is 2.03. The molecule has 0 N–H and O–H groups in total. The number of fused-ring (bicyclic) bond motifs is 1. The molecule has 8 nitrogen and oxygen atoms in total. The van der Waals surface area contributed by atoms with E-state index >= 15 is 0 Å². The maximum atomic E-state index is 13.2. The zero-order valence-corrected chi connectivity index (χ0v) is 19.7. The van der Waals surface area contributed by atoms with E-state index in [0.717, 1.165) is 30.3 Å². The van der Waals surface area contributed by atoms with Crippen LogP contribution >= 0.6 is 0 Å². The van der Waals surface area contributed by atoms with Crippen molar-refractivity contribution in [2.45, 2.75) is 59.0 Å². The molecule has 33 heavy (non-hydrogen) atoms. The third-order valence-electron chi connectivity index (χ3n) is 6.49. The van der Waals surface area contributed by atoms with Gasteiger partial charge in [-0.3, -0.25) is 9.59 Å². The van der Waals surface area contributed by atoms with Crippen LogP contribution in [0.5, 0.6) is 0 Å². The normalized spacial score (nSPS) is 16.2. The van der Waals surface area contributed by atoms with Crippen molar-refractivity contribution in [2.75, 3.05) is 19.6 Å². The van der Waals surface area contributed by atoms with Crippen LogP contribution in [0.4, 0.5) is 0 Å². The van der Waals surface area contributed by atoms with E-state index in [-0.39, 0.29) is 17.9 Å². The maximum absolute atomic E-state index is 13.2. The van der Waals surface area contributed by atoms with Gasteiger partial charge in [-0.05, 0) is 52.2 Å². The number of hydrogen-bond acceptors (Lipinski definition) is 5. The number of nitrogens with zero attached hydrogens (tertiary/aromatic N) is 6. The zero-order valence-electron chi connectivity index (χ0n) is 19.7. The number of carbonyl (C=O) groups excluding carboxylic acids is 2. The molecule has 4 rings (SSSR count). The number of piperidine rings is 1. The Morgan fingerprint density at radius 1 is 1.12 bits per heavy atom. The molecule has 1 aromatic carbocycles. The molecular weight excluding hydrogens is 416 g/mol. The number of likely N-dealkylation sites (tertiary alicyclic amines) is 1. The summed E-state index contributed by atoms with van der Waals surface area (Å²) in [4.78, 5) is 43.3. The molecule has 0 radical (unpaired) electrons. The Bertz CT molecular complexity index is 1140. The Balaban J connectivity index is 1.49. The molecule has 0 bridgehead atoms. The monoisotopic (exact) mass is 448 g/mol. The van der Waals surface area contributed by atoms with Gasteiger partial charge in [0.25, 0.3) is 5.91 Å². The lowest BCUT2D eigenvalue weighted by molar-refractivity contribution is -0.135. The summed E-state index contributed by atoms with van der Waals surface area (Å²) in [5.74, 6) is 0.681. The SMILES string of the molecule is CCN(CC)C(=O)c1cnc([C@H]2CCCCN2C(=O)CCn2cnc3ccccc32)nc1C. The molecule has 1 aliphatic rings. The summed E-state index contributed by atoms with van der Waals surface area (Å²) in [6.45, 7) is 8.35. The van der Waals surface area contributed by atoms with Gasteiger partial charge >= 0.3 is 0 Å². The second-order valence-electron chi connectivity index (χ2n) is 8.48. The Morgan fingerprint density at radius 2 is 1.91 bits per heavy atom. The number of benzene rings is 1. The van der Waals surface area contributed by atoms with Crippen molar-refractivity contribution < 1.29 is 9.59 Å². The third-order valence-corrected chi connectivity index (χ3v) is 6.49. The first-order valence-corrected chi connectivity index (χ1v) is 11.9. The van der Waals surface area contributed by atoms with E-state index in [0.29, 0.717) is 49.7 Å². The number of para-hydroxylation sites is 2. The van der Waals surface area contributed by atoms with E-state index in [1.54, 1.807) is 17.4 Å². The van der Waals surface area contributed by atoms with Gasteiger partial charge in [-0.1, -0.05) is 12.1 Å². The summed E-state index contributed by atoms with van der Waals surface area (Å²) >= 11 is 0. The lowest BCUT2D eigenvalue weighted by Gasteiger charge is -2.35. The second-order valence-corrected chi connectivity index (χ2v) is 8.48. The smallest absolute Gasteiger partial charge is 0.257 e. The molecule has 1 fully saturated rings. The molecule has 8 heteroatoms. The van der Waals surface area contributed by atoms with Crippen molar-refractivity contribution in [3.63, 3.8) is 0 Å². The van der Waals surface area contributed by atoms with Crippen LogP contribution in [-0.4, -0.2) is 60.8 Å². The molecule has 0 saturated carbocycles. The molecule has 1 saturated heterocycles. The first-order valence-electron chi connectivity index (χ1n) is 11.9. The number of rotatable bonds is 7. The molecule has 1 aliphatic heterocycles. The Kier molecular flexibility index (Phi) is 7.01. The van der Waals surface area contributed by atoms with E-state index in [1.807, 2.05) is 54.5 Å². The minimum Gasteiger partial charge on any atom is -0.339 e. The highest BCUT2D eigenvalue weighted by atomic mass is 16.2. The minimum atomic E-state index is -0.151. The van der Waals surface area contributed by atoms with Crippen molar-refractivity contribution in [3.05, 3.63) is 53.9 Å². The molecule has 1 atom stereocenters. The van der Waals surface area contributed by atoms with Gasteiger partial charge in [0.05, 0.1) is 34.7 Å². The highest BCUT2D eigenvalue weighted by Crippen LogP contribution is 2.30. The molecule has 174 valence electrons. The predicted molar refractivity (Wildman–Crippen MR) is 127 cm³/mol. The minimum absolute atomic E-state index is 0.0480. The number of hydrogen-bond donors (Lipinski definition) is 0. The Morgan fingerprint density at radius 3 is 2.67 bits per heavy atom. The van der Waals surface area contributed by atoms with Crippen LogP contribution in [0, 0.1) is 6.92 Å². The number of aromatic nitrogens is 4. The summed E-state index contributed by atoms with van der Waals surface area (Å²) in [7, 11) is 0. The van der Waals surface area contributed by atoms with E-state index in [9.17, 15) is 9.59 Å². The van der Waals surface area contributed by atoms with Gasteiger partial charge in [0, 0.05) is 38.8 Å². The summed E-state index contributed by atoms with van der Waals surface area (Å²) in [6.07, 6.45) is 6.67. The molecule has 0 aliphatic carbocycles. The van der Waals surface area contributed by atoms with Crippen molar-refractivity contribution in [1.82, 2.24) is 29.3 Å². The highest BCUT2D eigenvalue weighted by molar-refractivity contribution is 5.94. The maximum Gasteiger partial charge on any atom is 0.257 e. The van der Waals surface area contributed by atoms with Crippen molar-refractivity contribution in [2.24, 2.45) is 0 Å². The quantitative estimate of drug-likeness (QED) is 0.549. The molecular formula is C25H32N6O2. The fourth-order valence-electron chi connectivity index (χ4n) is 4.58. The van der Waals surface area contributed by atoms with Crippen LogP contribution < -0.4 is 0 Å². The molecule has 3 aromatic rings. The lowest BCUT2D eigenvalue weighted by Crippen LogP contribution is -2.40. The average molecular weight is 449 g/mol. The van der Waals surface area contributed by atoms with Gasteiger partial charge in [-0.2, -0.15) is 0 Å². The fraction of sp³-hybridized carbons (Fsp3) is 0.480. The highest BCUT2D eigenvalue weighted by Gasteiger charge is 2.30. The van der Waals surface area contributed by atoms with Gasteiger partial charge in [0.15, 0.2) is 5.82 Å². The molecule has 0 unspecified atom stereocenters. The van der Waals surface area contributed by atoms with Crippen LogP contribution in [0.2, 0.25) is 0 Å². The topological polar surface area (TPSA) is 84.2 Å². The Hall–Kier alpha value is -3.29. The van der Waals surface area contributed by atoms with Gasteiger partial charge in [-0.15, -0.1) is 0 Å². The van der Waals surface area contributed by atoms with Crippen LogP contribution in [0.25, 0.3) is 11.0 Å². The molecule has 2 aromatic heterocycles. The average Bonchev–Trinajstić information content (AvgIpc) is 3.26. The van der Waals surface area contributed by atoms with Crippen molar-refractivity contribution in [1.29, 1.82) is 0 Å². The third kappa shape index (κ3) is 4.74. The lowest BCUT2D eigenvalue weighted by atomic mass is 10.0. The van der Waals surface area contributed by atoms with Crippen LogP contribution in [0.1, 0.15) is 67.4 Å². The second kappa shape index (κ2) is 10.1. The number of imidazole rings is 1. The number of aryl methyl sites for hydroxylation is 2. The van der Waals surface area contributed by atoms with E-state index < -0.39 is 0 Å². The molecule has 0 spiro atoms. The van der Waals surface area contributed by atoms with Crippen LogP contribution in [-0.2, 0) is 11.3 Å². The predicted octanol–water partition coefficient (Wildman–Crippen LogP) is 3.76. The first-order chi connectivity index (χ1) is 16.0. The Labute approximate surface area is 194 Å². The van der Waals surface area contributed by atoms with Crippen molar-refractivity contribution >= 4 is 22.8 Å². The zero-order chi connectivity index (χ0) is 23.4. The van der Waals surface area contributed by atoms with Gasteiger partial charge in [0.2, 0.25) is 5.91 Å². The fourth-order valence-corrected chi connectivity index (χ4v) is 4.58.